The van der Waals surface area contributed by atoms with Gasteiger partial charge in [-0.25, -0.2) is 4.52 Å². The maximum atomic E-state index is 9.51. The number of aromatic nitrogens is 2. The monoisotopic (exact) mass is 289 g/mol. The molecule has 21 heavy (non-hydrogen) atoms. The average molecular weight is 289 g/mol. The Bertz CT molecular complexity index is 564. The third kappa shape index (κ3) is 4.05. The van der Waals surface area contributed by atoms with Crippen LogP contribution in [0, 0.1) is 11.8 Å². The second kappa shape index (κ2) is 7.05. The summed E-state index contributed by atoms with van der Waals surface area (Å²) in [6.07, 6.45) is 3.70. The molecule has 4 heteroatoms. The smallest absolute Gasteiger partial charge is 0.0761 e. The van der Waals surface area contributed by atoms with E-state index in [9.17, 15) is 5.11 Å². The third-order valence-corrected chi connectivity index (χ3v) is 3.51. The molecule has 2 aromatic heterocycles. The zero-order valence-electron chi connectivity index (χ0n) is 13.6. The lowest BCUT2D eigenvalue weighted by molar-refractivity contribution is 0.212. The summed E-state index contributed by atoms with van der Waals surface area (Å²) in [5.41, 5.74) is 3.19. The van der Waals surface area contributed by atoms with Crippen molar-refractivity contribution in [1.82, 2.24) is 14.5 Å². The fraction of sp³-hybridized carbons (Fsp3) is 0.588. The van der Waals surface area contributed by atoms with Gasteiger partial charge in [0.15, 0.2) is 0 Å². The van der Waals surface area contributed by atoms with Gasteiger partial charge in [-0.3, -0.25) is 4.90 Å². The summed E-state index contributed by atoms with van der Waals surface area (Å²) >= 11 is 0. The van der Waals surface area contributed by atoms with E-state index in [4.69, 9.17) is 0 Å². The number of hydrogen-bond acceptors (Lipinski definition) is 3. The molecule has 0 saturated heterocycles. The first kappa shape index (κ1) is 16.0. The maximum absolute atomic E-state index is 9.51. The normalized spacial score (nSPS) is 12.2. The van der Waals surface area contributed by atoms with E-state index in [-0.39, 0.29) is 6.61 Å². The van der Waals surface area contributed by atoms with Gasteiger partial charge in [-0.15, -0.1) is 0 Å². The van der Waals surface area contributed by atoms with Crippen LogP contribution in [0.5, 0.6) is 0 Å². The average Bonchev–Trinajstić information content (AvgIpc) is 2.81. The van der Waals surface area contributed by atoms with Crippen LogP contribution in [0.25, 0.3) is 5.52 Å². The zero-order chi connectivity index (χ0) is 15.4. The lowest BCUT2D eigenvalue weighted by Gasteiger charge is -2.26. The van der Waals surface area contributed by atoms with E-state index in [0.29, 0.717) is 11.8 Å². The number of nitrogens with zero attached hydrogens (tertiary/aromatic N) is 3. The summed E-state index contributed by atoms with van der Waals surface area (Å²) in [5.74, 6) is 1.29. The summed E-state index contributed by atoms with van der Waals surface area (Å²) in [4.78, 5) is 2.50. The molecule has 0 radical (unpaired) electrons. The molecule has 0 aliphatic carbocycles. The lowest BCUT2D eigenvalue weighted by Crippen LogP contribution is -2.31. The highest BCUT2D eigenvalue weighted by atomic mass is 16.3. The van der Waals surface area contributed by atoms with Gasteiger partial charge in [0.25, 0.3) is 0 Å². The van der Waals surface area contributed by atoms with E-state index in [1.54, 1.807) is 6.20 Å². The first-order valence-electron chi connectivity index (χ1n) is 7.78. The fourth-order valence-electron chi connectivity index (χ4n) is 2.90. The van der Waals surface area contributed by atoms with Gasteiger partial charge in [0.05, 0.1) is 18.3 Å². The molecule has 0 saturated carbocycles. The Morgan fingerprint density at radius 2 is 1.81 bits per heavy atom. The van der Waals surface area contributed by atoms with E-state index in [1.165, 1.54) is 5.56 Å². The van der Waals surface area contributed by atoms with Crippen LogP contribution in [-0.4, -0.2) is 32.7 Å². The van der Waals surface area contributed by atoms with E-state index >= 15 is 0 Å². The lowest BCUT2D eigenvalue weighted by atomic mass is 10.1. The second-order valence-electron chi connectivity index (χ2n) is 6.64. The van der Waals surface area contributed by atoms with Crippen molar-refractivity contribution in [2.75, 3.05) is 13.1 Å². The minimum absolute atomic E-state index is 0.0366. The number of aliphatic hydroxyl groups excluding tert-OH is 1. The summed E-state index contributed by atoms with van der Waals surface area (Å²) < 4.78 is 1.86. The molecule has 2 heterocycles. The van der Waals surface area contributed by atoms with Crippen molar-refractivity contribution in [2.24, 2.45) is 11.8 Å². The minimum Gasteiger partial charge on any atom is -0.392 e. The molecule has 0 aliphatic rings. The first-order chi connectivity index (χ1) is 10.0. The number of pyridine rings is 1. The highest BCUT2D eigenvalue weighted by Crippen LogP contribution is 2.19. The summed E-state index contributed by atoms with van der Waals surface area (Å²) in [7, 11) is 0. The molecular weight excluding hydrogens is 262 g/mol. The Kier molecular flexibility index (Phi) is 5.37. The van der Waals surface area contributed by atoms with Crippen LogP contribution in [0.3, 0.4) is 0 Å². The molecule has 0 amide bonds. The van der Waals surface area contributed by atoms with Crippen LogP contribution in [-0.2, 0) is 13.2 Å². The van der Waals surface area contributed by atoms with Crippen molar-refractivity contribution in [3.8, 4) is 0 Å². The highest BCUT2D eigenvalue weighted by molar-refractivity contribution is 5.60. The number of fused-ring (bicyclic) bond motifs is 1. The van der Waals surface area contributed by atoms with Gasteiger partial charge in [-0.2, -0.15) is 5.10 Å². The molecular formula is C17H27N3O. The van der Waals surface area contributed by atoms with Gasteiger partial charge >= 0.3 is 0 Å². The number of rotatable bonds is 7. The van der Waals surface area contributed by atoms with Crippen molar-refractivity contribution < 1.29 is 5.11 Å². The van der Waals surface area contributed by atoms with Gasteiger partial charge in [-0.1, -0.05) is 33.8 Å². The van der Waals surface area contributed by atoms with Gasteiger partial charge in [0.2, 0.25) is 0 Å². The molecule has 2 aromatic rings. The van der Waals surface area contributed by atoms with Crippen LogP contribution in [0.15, 0.2) is 24.5 Å². The van der Waals surface area contributed by atoms with E-state index in [0.717, 1.165) is 30.7 Å². The molecule has 4 nitrogen and oxygen atoms in total. The number of aliphatic hydroxyl groups is 1. The zero-order valence-corrected chi connectivity index (χ0v) is 13.6. The predicted octanol–water partition coefficient (Wildman–Crippen LogP) is 2.94. The van der Waals surface area contributed by atoms with Crippen molar-refractivity contribution in [2.45, 2.75) is 40.8 Å². The molecule has 0 spiro atoms. The Hall–Kier alpha value is -1.39. The van der Waals surface area contributed by atoms with Crippen molar-refractivity contribution in [1.29, 1.82) is 0 Å². The van der Waals surface area contributed by atoms with E-state index in [1.807, 2.05) is 16.8 Å². The second-order valence-corrected chi connectivity index (χ2v) is 6.64. The van der Waals surface area contributed by atoms with E-state index in [2.05, 4.69) is 43.8 Å². The van der Waals surface area contributed by atoms with Gasteiger partial charge < -0.3 is 5.11 Å². The topological polar surface area (TPSA) is 40.8 Å². The maximum Gasteiger partial charge on any atom is 0.0761 e. The predicted molar refractivity (Wildman–Crippen MR) is 86.1 cm³/mol. The van der Waals surface area contributed by atoms with Gasteiger partial charge in [-0.05, 0) is 23.5 Å². The fourth-order valence-corrected chi connectivity index (χ4v) is 2.90. The minimum atomic E-state index is 0.0366. The Labute approximate surface area is 127 Å². The van der Waals surface area contributed by atoms with Gasteiger partial charge in [0, 0.05) is 31.4 Å². The van der Waals surface area contributed by atoms with Crippen LogP contribution in [0.2, 0.25) is 0 Å². The van der Waals surface area contributed by atoms with Crippen LogP contribution in [0.1, 0.15) is 38.8 Å². The SMILES string of the molecule is CC(C)CN(Cc1cccn2ncc(CO)c12)CC(C)C. The third-order valence-electron chi connectivity index (χ3n) is 3.51. The highest BCUT2D eigenvalue weighted by Gasteiger charge is 2.14. The molecule has 0 atom stereocenters. The molecule has 0 aliphatic heterocycles. The largest absolute Gasteiger partial charge is 0.392 e. The number of hydrogen-bond donors (Lipinski definition) is 1. The molecule has 0 fully saturated rings. The summed E-state index contributed by atoms with van der Waals surface area (Å²) in [5, 5.41) is 13.8. The van der Waals surface area contributed by atoms with Crippen molar-refractivity contribution >= 4 is 5.52 Å². The standard InChI is InChI=1S/C17H27N3O/c1-13(2)9-19(10-14(3)4)11-15-6-5-7-20-17(15)16(12-21)8-18-20/h5-8,13-14,21H,9-12H2,1-4H3. The van der Waals surface area contributed by atoms with Crippen molar-refractivity contribution in [3.63, 3.8) is 0 Å². The molecule has 116 valence electrons. The molecule has 1 N–H and O–H groups in total. The molecule has 2 rings (SSSR count). The molecule has 0 aromatic carbocycles. The summed E-state index contributed by atoms with van der Waals surface area (Å²) in [6.45, 7) is 12.1. The Morgan fingerprint density at radius 3 is 2.38 bits per heavy atom. The molecule has 0 unspecified atom stereocenters. The van der Waals surface area contributed by atoms with Crippen LogP contribution in [0.4, 0.5) is 0 Å². The van der Waals surface area contributed by atoms with Crippen LogP contribution < -0.4 is 0 Å². The first-order valence-corrected chi connectivity index (χ1v) is 7.78. The van der Waals surface area contributed by atoms with Crippen LogP contribution >= 0.6 is 0 Å². The Morgan fingerprint density at radius 1 is 1.14 bits per heavy atom. The Balaban J connectivity index is 2.29. The molecule has 0 bridgehead atoms. The summed E-state index contributed by atoms with van der Waals surface area (Å²) in [6, 6.07) is 4.17. The van der Waals surface area contributed by atoms with E-state index < -0.39 is 0 Å². The van der Waals surface area contributed by atoms with Gasteiger partial charge in [0.1, 0.15) is 0 Å². The quantitative estimate of drug-likeness (QED) is 0.852. The van der Waals surface area contributed by atoms with Crippen molar-refractivity contribution in [3.05, 3.63) is 35.7 Å².